The Bertz CT molecular complexity index is 5810. The van der Waals surface area contributed by atoms with E-state index in [-0.39, 0.29) is 39.4 Å². The zero-order valence-electron chi connectivity index (χ0n) is 44.8. The van der Waals surface area contributed by atoms with Crippen LogP contribution in [0.15, 0.2) is 225 Å². The molecule has 11 aromatic carbocycles. The molecule has 76 heavy (non-hydrogen) atoms. The number of hydrogen-bond acceptors (Lipinski definition) is 4. The third-order valence-corrected chi connectivity index (χ3v) is 15.6. The number of benzene rings is 11. The summed E-state index contributed by atoms with van der Waals surface area (Å²) in [5.74, 6) is 0. The van der Waals surface area contributed by atoms with Crippen molar-refractivity contribution in [2.24, 2.45) is 0 Å². The van der Waals surface area contributed by atoms with Crippen LogP contribution in [0, 0.1) is 17.9 Å². The molecule has 0 spiro atoms. The number of furan rings is 3. The normalized spacial score (nSPS) is 13.1. The molecule has 0 amide bonds. The lowest BCUT2D eigenvalue weighted by atomic mass is 9.94. The monoisotopic (exact) mass is 974 g/mol. The van der Waals surface area contributed by atoms with E-state index in [4.69, 9.17) is 14.6 Å². The van der Waals surface area contributed by atoms with Crippen molar-refractivity contribution in [1.29, 1.82) is 5.26 Å². The molecule has 0 fully saturated rings. The molecule has 6 heterocycles. The molecule has 0 atom stereocenters. The first kappa shape index (κ1) is 36.2. The van der Waals surface area contributed by atoms with Crippen LogP contribution in [0.5, 0.6) is 0 Å². The minimum Gasteiger partial charge on any atom is -0.454 e. The summed E-state index contributed by atoms with van der Waals surface area (Å²) in [7, 11) is 0. The molecule has 8 nitrogen and oxygen atoms in total. The van der Waals surface area contributed by atoms with Crippen LogP contribution in [-0.4, -0.2) is 13.7 Å². The molecular weight excluding hydrogens is 935 g/mol. The van der Waals surface area contributed by atoms with Gasteiger partial charge in [0.15, 0.2) is 16.7 Å². The zero-order valence-corrected chi connectivity index (χ0v) is 39.8. The van der Waals surface area contributed by atoms with Gasteiger partial charge in [-0.15, -0.1) is 0 Å². The van der Waals surface area contributed by atoms with Crippen LogP contribution in [-0.2, 0) is 0 Å². The van der Waals surface area contributed by atoms with Crippen molar-refractivity contribution in [3.63, 3.8) is 0 Å². The van der Waals surface area contributed by atoms with E-state index >= 15 is 0 Å². The fraction of sp³-hybridized carbons (Fsp3) is 0. The van der Waals surface area contributed by atoms with E-state index in [0.717, 1.165) is 64.6 Å². The summed E-state index contributed by atoms with van der Waals surface area (Å²) in [6.07, 6.45) is 0. The van der Waals surface area contributed by atoms with Gasteiger partial charge < -0.3 is 27.0 Å². The number of hydrogen-bond donors (Lipinski definition) is 0. The molecule has 17 aromatic rings. The second kappa shape index (κ2) is 14.9. The van der Waals surface area contributed by atoms with Gasteiger partial charge in [-0.3, -0.25) is 0 Å². The molecule has 0 saturated heterocycles. The topological polar surface area (TPSA) is 82.4 Å². The lowest BCUT2D eigenvalue weighted by molar-refractivity contribution is 0.670. The van der Waals surface area contributed by atoms with Crippen LogP contribution in [0.2, 0.25) is 0 Å². The Morgan fingerprint density at radius 1 is 0.395 bits per heavy atom. The van der Waals surface area contributed by atoms with Gasteiger partial charge in [-0.2, -0.15) is 5.26 Å². The molecule has 17 rings (SSSR count). The fourth-order valence-corrected chi connectivity index (χ4v) is 12.6. The van der Waals surface area contributed by atoms with Gasteiger partial charge in [0.25, 0.3) is 0 Å². The summed E-state index contributed by atoms with van der Waals surface area (Å²) < 4.78 is 74.6. The van der Waals surface area contributed by atoms with Gasteiger partial charge in [0.2, 0.25) is 5.69 Å². The molecule has 0 aliphatic carbocycles. The van der Waals surface area contributed by atoms with Crippen molar-refractivity contribution >= 4 is 137 Å². The van der Waals surface area contributed by atoms with Crippen molar-refractivity contribution in [3.8, 4) is 34.3 Å². The van der Waals surface area contributed by atoms with Crippen LogP contribution >= 0.6 is 0 Å². The smallest absolute Gasteiger partial charge is 0.221 e. The van der Waals surface area contributed by atoms with E-state index in [1.165, 1.54) is 0 Å². The van der Waals surface area contributed by atoms with Crippen LogP contribution < -0.4 is 0 Å². The highest BCUT2D eigenvalue weighted by Crippen LogP contribution is 2.54. The van der Waals surface area contributed by atoms with Gasteiger partial charge in [-0.05, 0) is 60.2 Å². The molecule has 0 aliphatic rings. The molecule has 0 N–H and O–H groups in total. The molecule has 0 unspecified atom stereocenters. The van der Waals surface area contributed by atoms with Gasteiger partial charge in [0.05, 0.1) is 69.2 Å². The Balaban J connectivity index is 1.22. The summed E-state index contributed by atoms with van der Waals surface area (Å²) in [4.78, 5) is 4.51. The van der Waals surface area contributed by atoms with Crippen molar-refractivity contribution < 1.29 is 20.1 Å². The van der Waals surface area contributed by atoms with Gasteiger partial charge in [0, 0.05) is 70.2 Å². The summed E-state index contributed by atoms with van der Waals surface area (Å²) >= 11 is 0. The maximum Gasteiger partial charge on any atom is 0.221 e. The lowest BCUT2D eigenvalue weighted by Crippen LogP contribution is -2.12. The van der Waals surface area contributed by atoms with E-state index in [9.17, 15) is 17.3 Å². The average Bonchev–Trinajstić information content (AvgIpc) is 2.54. The highest BCUT2D eigenvalue weighted by molar-refractivity contribution is 6.26. The van der Waals surface area contributed by atoms with Crippen LogP contribution in [0.25, 0.3) is 164 Å². The largest absolute Gasteiger partial charge is 0.454 e. The third-order valence-electron chi connectivity index (χ3n) is 15.6. The number of aromatic nitrogens is 3. The third kappa shape index (κ3) is 5.14. The molecule has 0 radical (unpaired) electrons. The van der Waals surface area contributed by atoms with Crippen molar-refractivity contribution in [2.45, 2.75) is 0 Å². The molecule has 6 aromatic heterocycles. The standard InChI is InChI=1S/C68H35N5O3/c1-70-59-58(38-17-3-2-4-18-38)65(73-54-27-13-7-21-41(54)47-33-36-50-44-24-10-16-30-57(44)76-68(50)64(47)73)61(72-53-26-12-6-20-40(53)46-32-35-49-43-23-9-15-29-56(43)75-67(49)63(46)72)51(37-69)60(59)71-52-25-11-5-19-39(52)45-31-34-48-42-22-8-14-28-55(42)74-66(48)62(45)71/h2-36H/i2D,3D,4D,17D,18D. The Morgan fingerprint density at radius 2 is 0.750 bits per heavy atom. The van der Waals surface area contributed by atoms with Crippen LogP contribution in [0.4, 0.5) is 5.69 Å². The number of fused-ring (bicyclic) bond motifs is 21. The maximum atomic E-state index is 12.8. The van der Waals surface area contributed by atoms with Crippen molar-refractivity contribution in [1.82, 2.24) is 13.7 Å². The Labute approximate surface area is 437 Å². The Hall–Kier alpha value is -10.8. The highest BCUT2D eigenvalue weighted by atomic mass is 16.3. The Morgan fingerprint density at radius 3 is 1.16 bits per heavy atom. The number of para-hydroxylation sites is 6. The fourth-order valence-electron chi connectivity index (χ4n) is 12.6. The molecule has 8 heteroatoms. The van der Waals surface area contributed by atoms with Crippen LogP contribution in [0.3, 0.4) is 0 Å². The first-order chi connectivity index (χ1) is 39.7. The van der Waals surface area contributed by atoms with Gasteiger partial charge in [0.1, 0.15) is 22.8 Å². The number of nitrogens with zero attached hydrogens (tertiary/aromatic N) is 5. The molecule has 0 aliphatic heterocycles. The van der Waals surface area contributed by atoms with E-state index < -0.39 is 30.2 Å². The average molecular weight is 975 g/mol. The van der Waals surface area contributed by atoms with E-state index in [2.05, 4.69) is 23.0 Å². The minimum absolute atomic E-state index is 0.00723. The maximum absolute atomic E-state index is 12.8. The van der Waals surface area contributed by atoms with E-state index in [1.54, 1.807) is 0 Å². The summed E-state index contributed by atoms with van der Waals surface area (Å²) in [6.45, 7) is 9.71. The summed E-state index contributed by atoms with van der Waals surface area (Å²) in [5, 5.41) is 22.6. The predicted octanol–water partition coefficient (Wildman–Crippen LogP) is 18.8. The van der Waals surface area contributed by atoms with E-state index in [0.29, 0.717) is 66.6 Å². The summed E-state index contributed by atoms with van der Waals surface area (Å²) in [5.41, 5.74) is 7.38. The number of nitriles is 1. The van der Waals surface area contributed by atoms with Crippen LogP contribution in [0.1, 0.15) is 12.4 Å². The SMILES string of the molecule is [2H]c1c([2H])c([2H])c(-c2c([N+]#[C-])c(-n3c4ccccc4c4ccc5c6ccccc6oc5c43)c(C#N)c(-n3c4ccccc4c4ccc5c6ccccc6oc5c43)c2-n2c3ccccc3c3ccc4c5ccccc5oc4c32)c([2H])c1[2H]. The molecular formula is C68H35N5O3. The minimum atomic E-state index is -0.598. The summed E-state index contributed by atoms with van der Waals surface area (Å²) in [6, 6.07) is 59.2. The first-order valence-corrected chi connectivity index (χ1v) is 24.9. The van der Waals surface area contributed by atoms with Gasteiger partial charge in [-0.1, -0.05) is 158 Å². The molecule has 0 saturated carbocycles. The first-order valence-electron chi connectivity index (χ1n) is 27.4. The number of rotatable bonds is 4. The molecule has 0 bridgehead atoms. The highest BCUT2D eigenvalue weighted by Gasteiger charge is 2.35. The second-order valence-corrected chi connectivity index (χ2v) is 19.2. The van der Waals surface area contributed by atoms with Gasteiger partial charge >= 0.3 is 0 Å². The quantitative estimate of drug-likeness (QED) is 0.165. The van der Waals surface area contributed by atoms with E-state index in [1.807, 2.05) is 184 Å². The van der Waals surface area contributed by atoms with Gasteiger partial charge in [-0.25, -0.2) is 4.85 Å². The van der Waals surface area contributed by atoms with Crippen molar-refractivity contribution in [3.05, 3.63) is 229 Å². The predicted molar refractivity (Wildman–Crippen MR) is 308 cm³/mol. The second-order valence-electron chi connectivity index (χ2n) is 19.2. The molecule has 350 valence electrons. The lowest BCUT2D eigenvalue weighted by Gasteiger charge is -2.26. The van der Waals surface area contributed by atoms with Crippen molar-refractivity contribution in [2.75, 3.05) is 0 Å². The zero-order chi connectivity index (χ0) is 54.3. The Kier molecular flexibility index (Phi) is 7.09.